The molecule has 0 saturated carbocycles. The van der Waals surface area contributed by atoms with Crippen molar-refractivity contribution in [1.29, 1.82) is 0 Å². The van der Waals surface area contributed by atoms with Crippen LogP contribution in [0.4, 0.5) is 0 Å². The average molecular weight is 589 g/mol. The summed E-state index contributed by atoms with van der Waals surface area (Å²) < 4.78 is 131. The van der Waals surface area contributed by atoms with Crippen molar-refractivity contribution in [2.24, 2.45) is 5.73 Å². The van der Waals surface area contributed by atoms with Crippen LogP contribution in [-0.4, -0.2) is 60.6 Å². The topological polar surface area (TPSA) is 111 Å². The van der Waals surface area contributed by atoms with Crippen molar-refractivity contribution in [3.63, 3.8) is 0 Å². The Kier molecular flexibility index (Phi) is 5.11. The van der Waals surface area contributed by atoms with Crippen LogP contribution in [0.5, 0.6) is 17.2 Å². The Bertz CT molecular complexity index is 2080. The molecule has 3 N–H and O–H groups in total. The molecule has 0 bridgehead atoms. The van der Waals surface area contributed by atoms with Crippen LogP contribution in [0.25, 0.3) is 20.5 Å². The number of carbonyl (C=O) groups is 2. The highest BCUT2D eigenvalue weighted by molar-refractivity contribution is 7.22. The number of ketones is 1. The van der Waals surface area contributed by atoms with Crippen molar-refractivity contribution in [3.8, 4) is 27.7 Å². The van der Waals surface area contributed by atoms with E-state index >= 15 is 0 Å². The van der Waals surface area contributed by atoms with Crippen LogP contribution in [0.1, 0.15) is 61.2 Å². The van der Waals surface area contributed by atoms with E-state index in [-0.39, 0.29) is 23.7 Å². The first kappa shape index (κ1) is 15.9. The van der Waals surface area contributed by atoms with Crippen LogP contribution in [0.15, 0.2) is 66.7 Å². The van der Waals surface area contributed by atoms with E-state index in [1.807, 2.05) is 0 Å². The monoisotopic (exact) mass is 588 g/mol. The van der Waals surface area contributed by atoms with Crippen LogP contribution >= 0.6 is 11.3 Å². The lowest BCUT2D eigenvalue weighted by molar-refractivity contribution is -0.151. The molecule has 1 fully saturated rings. The summed E-state index contributed by atoms with van der Waals surface area (Å²) in [4.78, 5) is 25.6. The second-order valence-electron chi connectivity index (χ2n) is 8.63. The lowest BCUT2D eigenvalue weighted by Gasteiger charge is -2.26. The van der Waals surface area contributed by atoms with Crippen LogP contribution in [0.3, 0.4) is 0 Å². The minimum Gasteiger partial charge on any atom is -0.508 e. The highest BCUT2D eigenvalue weighted by Crippen LogP contribution is 2.41. The Hall–Kier alpha value is -3.92. The van der Waals surface area contributed by atoms with E-state index < -0.39 is 73.6 Å². The lowest BCUT2D eigenvalue weighted by atomic mass is 9.97. The van der Waals surface area contributed by atoms with Gasteiger partial charge in [0, 0.05) is 49.0 Å². The Balaban J connectivity index is 1.44. The molecular weight excluding hydrogens is 540 g/mol. The quantitative estimate of drug-likeness (QED) is 0.132. The Labute approximate surface area is 262 Å². The number of ether oxygens (including phenoxy) is 3. The molecule has 9 heteroatoms. The summed E-state index contributed by atoms with van der Waals surface area (Å²) in [6, 6.07) is 14.7. The number of likely N-dealkylation sites (tertiary alicyclic amines) is 1. The number of nitrogens with two attached hydrogens (primary N) is 1. The van der Waals surface area contributed by atoms with Gasteiger partial charge >= 0.3 is 5.97 Å². The molecule has 1 aromatic heterocycles. The van der Waals surface area contributed by atoms with Crippen molar-refractivity contribution < 1.29 is 48.1 Å². The van der Waals surface area contributed by atoms with Crippen molar-refractivity contribution in [2.45, 2.75) is 32.1 Å². The Morgan fingerprint density at radius 1 is 1.02 bits per heavy atom. The predicted octanol–water partition coefficient (Wildman–Crippen LogP) is 5.60. The van der Waals surface area contributed by atoms with Gasteiger partial charge in [0.2, 0.25) is 6.79 Å². The van der Waals surface area contributed by atoms with E-state index in [9.17, 15) is 14.7 Å². The molecule has 2 heterocycles. The van der Waals surface area contributed by atoms with Gasteiger partial charge in [0.15, 0.2) is 5.78 Å². The molecule has 1 aliphatic rings. The minimum absolute atomic E-state index is 0.0447. The van der Waals surface area contributed by atoms with E-state index in [2.05, 4.69) is 0 Å². The number of esters is 1. The second-order valence-corrected chi connectivity index (χ2v) is 9.68. The summed E-state index contributed by atoms with van der Waals surface area (Å²) >= 11 is 1.21. The zero-order valence-corrected chi connectivity index (χ0v) is 22.4. The molecule has 1 unspecified atom stereocenters. The van der Waals surface area contributed by atoms with Crippen LogP contribution < -0.4 is 15.2 Å². The van der Waals surface area contributed by atoms with E-state index in [1.165, 1.54) is 42.5 Å². The van der Waals surface area contributed by atoms with Crippen molar-refractivity contribution in [2.75, 3.05) is 32.8 Å². The summed E-state index contributed by atoms with van der Waals surface area (Å²) in [6.07, 6.45) is -11.7. The maximum atomic E-state index is 14.1. The summed E-state index contributed by atoms with van der Waals surface area (Å²) in [7, 11) is 0. The fourth-order valence-corrected chi connectivity index (χ4v) is 4.97. The number of aromatic hydroxyl groups is 1. The predicted molar refractivity (Wildman–Crippen MR) is 160 cm³/mol. The molecule has 214 valence electrons. The van der Waals surface area contributed by atoms with Crippen molar-refractivity contribution >= 4 is 33.2 Å². The second kappa shape index (κ2) is 13.2. The number of hydrogen-bond acceptors (Lipinski definition) is 9. The molecule has 0 aliphatic carbocycles. The van der Waals surface area contributed by atoms with Gasteiger partial charge in [-0.2, -0.15) is 0 Å². The smallest absolute Gasteiger partial charge is 0.325 e. The van der Waals surface area contributed by atoms with E-state index in [0.717, 1.165) is 12.1 Å². The Morgan fingerprint density at radius 3 is 2.41 bits per heavy atom. The summed E-state index contributed by atoms with van der Waals surface area (Å²) in [5.41, 5.74) is 6.34. The number of thiophene rings is 1. The number of phenols is 1. The molecule has 0 radical (unpaired) electrons. The first-order valence-electron chi connectivity index (χ1n) is 19.2. The van der Waals surface area contributed by atoms with Gasteiger partial charge in [0.25, 0.3) is 0 Å². The van der Waals surface area contributed by atoms with Gasteiger partial charge in [-0.1, -0.05) is 6.37 Å². The SMILES string of the molecule is [2H]C([2H])(Oc1ccc(C(=O)c2c(-c3ccc(OCOC(=O)C(C)N)cc3)sc3cc(O)ccc23)cc1)C([2H])([2H])N1C([2H])([2H])C([2H])([2H])C([2H])([2H])C([2H])([2H])C1([2H])[2H]. The largest absolute Gasteiger partial charge is 0.508 e. The van der Waals surface area contributed by atoms with E-state index in [1.54, 1.807) is 30.3 Å². The number of benzene rings is 3. The van der Waals surface area contributed by atoms with Crippen molar-refractivity contribution in [3.05, 3.63) is 77.9 Å². The number of nitrogens with zero attached hydrogens (tertiary/aromatic N) is 1. The number of phenolic OH excluding ortho intramolecular Hbond substituents is 1. The van der Waals surface area contributed by atoms with Gasteiger partial charge in [-0.25, -0.2) is 0 Å². The van der Waals surface area contributed by atoms with Crippen LogP contribution in [0, 0.1) is 0 Å². The summed E-state index contributed by atoms with van der Waals surface area (Å²) in [6.45, 7) is -14.6. The zero-order chi connectivity index (χ0) is 41.3. The normalized spacial score (nSPS) is 26.4. The van der Waals surface area contributed by atoms with E-state index in [4.69, 9.17) is 39.1 Å². The average Bonchev–Trinajstić information content (AvgIpc) is 3.45. The highest BCUT2D eigenvalue weighted by atomic mass is 32.1. The fourth-order valence-electron chi connectivity index (χ4n) is 3.73. The van der Waals surface area contributed by atoms with Gasteiger partial charge in [0.1, 0.15) is 29.8 Å². The molecule has 0 amide bonds. The van der Waals surface area contributed by atoms with E-state index in [0.29, 0.717) is 26.3 Å². The molecule has 5 rings (SSSR count). The maximum Gasteiger partial charge on any atom is 0.325 e. The third kappa shape index (κ3) is 7.05. The van der Waals surface area contributed by atoms with Crippen LogP contribution in [-0.2, 0) is 9.53 Å². The van der Waals surface area contributed by atoms with Gasteiger partial charge in [-0.15, -0.1) is 11.3 Å². The van der Waals surface area contributed by atoms with Crippen molar-refractivity contribution in [1.82, 2.24) is 4.90 Å². The molecule has 1 atom stereocenters. The molecule has 1 saturated heterocycles. The molecule has 0 spiro atoms. The van der Waals surface area contributed by atoms with Gasteiger partial charge < -0.3 is 25.1 Å². The van der Waals surface area contributed by atoms with Gasteiger partial charge in [-0.05, 0) is 105 Å². The standard InChI is InChI=1S/C32H34N2O6S/c1-21(33)32(37)40-20-39-26-12-7-23(8-13-26)31-29(27-14-9-24(35)19-28(27)41-31)30(36)22-5-10-25(11-6-22)38-18-17-34-15-3-2-4-16-34/h5-14,19,21,35H,2-4,15-18,20,33H2,1H3/i2D2,3D2,4D2,15D2,16D2,17D2,18D2. The fraction of sp³-hybridized carbons (Fsp3) is 0.312. The van der Waals surface area contributed by atoms with Crippen LogP contribution in [0.2, 0.25) is 0 Å². The summed E-state index contributed by atoms with van der Waals surface area (Å²) in [5.74, 6) is -1.31. The number of piperidine rings is 1. The molecule has 3 aromatic carbocycles. The maximum absolute atomic E-state index is 14.1. The highest BCUT2D eigenvalue weighted by Gasteiger charge is 2.22. The minimum atomic E-state index is -3.99. The number of rotatable bonds is 11. The van der Waals surface area contributed by atoms with Gasteiger partial charge in [-0.3, -0.25) is 14.5 Å². The van der Waals surface area contributed by atoms with Gasteiger partial charge in [0.05, 0.1) is 2.74 Å². The third-order valence-corrected chi connectivity index (χ3v) is 6.92. The summed E-state index contributed by atoms with van der Waals surface area (Å²) in [5, 5.41) is 10.6. The molecule has 41 heavy (non-hydrogen) atoms. The molecule has 4 aromatic rings. The molecule has 8 nitrogen and oxygen atoms in total. The first-order chi connectivity index (χ1) is 25.1. The number of hydrogen-bond donors (Lipinski definition) is 2. The lowest BCUT2D eigenvalue weighted by Crippen LogP contribution is -2.33. The number of carbonyl (C=O) groups excluding carboxylic acids is 2. The molecular formula is C32H34N2O6S. The third-order valence-electron chi connectivity index (χ3n) is 5.72. The molecule has 1 aliphatic heterocycles. The Morgan fingerprint density at radius 2 is 1.71 bits per heavy atom. The zero-order valence-electron chi connectivity index (χ0n) is 35.6. The number of fused-ring (bicyclic) bond motifs is 1. The first-order valence-corrected chi connectivity index (χ1v) is 13.0.